The molecule has 1 atom stereocenters. The van der Waals surface area contributed by atoms with E-state index in [1.165, 1.54) is 4.90 Å². The number of rotatable bonds is 4. The molecule has 0 aromatic heterocycles. The van der Waals surface area contributed by atoms with Crippen molar-refractivity contribution in [1.82, 2.24) is 4.90 Å². The summed E-state index contributed by atoms with van der Waals surface area (Å²) in [7, 11) is 0. The smallest absolute Gasteiger partial charge is 0.305 e. The summed E-state index contributed by atoms with van der Waals surface area (Å²) < 4.78 is 0. The van der Waals surface area contributed by atoms with Crippen molar-refractivity contribution in [3.05, 3.63) is 0 Å². The predicted octanol–water partition coefficient (Wildman–Crippen LogP) is 1.17. The fraction of sp³-hybridized carbons (Fsp3) is 0.750. The number of nitrogens with zero attached hydrogens (tertiary/aromatic N) is 1. The number of carbonyl (C=O) groups is 3. The number of hydrogen-bond donors (Lipinski definition) is 1. The van der Waals surface area contributed by atoms with Crippen LogP contribution in [0.1, 0.15) is 44.9 Å². The van der Waals surface area contributed by atoms with Gasteiger partial charge in [0.05, 0.1) is 12.5 Å². The molecular weight excluding hydrogens is 222 g/mol. The predicted molar refractivity (Wildman–Crippen MR) is 59.1 cm³/mol. The second-order valence-electron chi connectivity index (χ2n) is 4.87. The molecule has 1 N–H and O–H groups in total. The summed E-state index contributed by atoms with van der Waals surface area (Å²) in [4.78, 5) is 35.9. The molecular formula is C12H17NO4. The fourth-order valence-corrected chi connectivity index (χ4v) is 2.43. The van der Waals surface area contributed by atoms with E-state index in [0.29, 0.717) is 12.8 Å². The number of carbonyl (C=O) groups excluding carboxylic acids is 2. The van der Waals surface area contributed by atoms with Crippen LogP contribution in [-0.2, 0) is 14.4 Å². The SMILES string of the molecule is O=C(O)CC(C1CC1)N1C(=O)CCCCC1=O. The third-order valence-corrected chi connectivity index (χ3v) is 3.45. The summed E-state index contributed by atoms with van der Waals surface area (Å²) in [5, 5.41) is 8.88. The van der Waals surface area contributed by atoms with Crippen molar-refractivity contribution in [1.29, 1.82) is 0 Å². The summed E-state index contributed by atoms with van der Waals surface area (Å²) >= 11 is 0. The molecule has 0 radical (unpaired) electrons. The van der Waals surface area contributed by atoms with Gasteiger partial charge in [0.15, 0.2) is 0 Å². The molecule has 0 spiro atoms. The number of carboxylic acids is 1. The molecule has 1 aliphatic heterocycles. The van der Waals surface area contributed by atoms with Gasteiger partial charge in [-0.15, -0.1) is 0 Å². The van der Waals surface area contributed by atoms with Gasteiger partial charge in [0, 0.05) is 12.8 Å². The second kappa shape index (κ2) is 4.85. The topological polar surface area (TPSA) is 74.7 Å². The van der Waals surface area contributed by atoms with Gasteiger partial charge in [-0.2, -0.15) is 0 Å². The molecule has 5 heteroatoms. The Labute approximate surface area is 99.8 Å². The molecule has 1 unspecified atom stereocenters. The average molecular weight is 239 g/mol. The van der Waals surface area contributed by atoms with E-state index in [9.17, 15) is 14.4 Å². The Morgan fingerprint density at radius 1 is 1.24 bits per heavy atom. The van der Waals surface area contributed by atoms with Gasteiger partial charge in [0.1, 0.15) is 0 Å². The highest BCUT2D eigenvalue weighted by atomic mass is 16.4. The van der Waals surface area contributed by atoms with E-state index in [0.717, 1.165) is 25.7 Å². The van der Waals surface area contributed by atoms with Crippen LogP contribution in [0.4, 0.5) is 0 Å². The van der Waals surface area contributed by atoms with E-state index in [4.69, 9.17) is 5.11 Å². The van der Waals surface area contributed by atoms with Crippen LogP contribution in [0.3, 0.4) is 0 Å². The molecule has 1 saturated carbocycles. The van der Waals surface area contributed by atoms with Gasteiger partial charge < -0.3 is 5.11 Å². The summed E-state index contributed by atoms with van der Waals surface area (Å²) in [6.07, 6.45) is 3.94. The van der Waals surface area contributed by atoms with Gasteiger partial charge in [0.2, 0.25) is 11.8 Å². The number of carboxylic acid groups (broad SMARTS) is 1. The lowest BCUT2D eigenvalue weighted by molar-refractivity contribution is -0.149. The molecule has 94 valence electrons. The Kier molecular flexibility index (Phi) is 3.45. The average Bonchev–Trinajstić information content (AvgIpc) is 3.05. The quantitative estimate of drug-likeness (QED) is 0.747. The summed E-state index contributed by atoms with van der Waals surface area (Å²) in [6, 6.07) is -0.411. The van der Waals surface area contributed by atoms with Crippen molar-refractivity contribution in [3.8, 4) is 0 Å². The van der Waals surface area contributed by atoms with Crippen molar-refractivity contribution in [2.75, 3.05) is 0 Å². The van der Waals surface area contributed by atoms with Crippen LogP contribution in [0.15, 0.2) is 0 Å². The first-order valence-electron chi connectivity index (χ1n) is 6.16. The zero-order valence-electron chi connectivity index (χ0n) is 9.72. The first-order valence-corrected chi connectivity index (χ1v) is 6.16. The van der Waals surface area contributed by atoms with E-state index < -0.39 is 12.0 Å². The van der Waals surface area contributed by atoms with Crippen LogP contribution in [0, 0.1) is 5.92 Å². The number of hydrogen-bond acceptors (Lipinski definition) is 3. The minimum atomic E-state index is -0.938. The van der Waals surface area contributed by atoms with Crippen molar-refractivity contribution < 1.29 is 19.5 Å². The molecule has 0 bridgehead atoms. The van der Waals surface area contributed by atoms with Gasteiger partial charge in [-0.25, -0.2) is 0 Å². The van der Waals surface area contributed by atoms with Crippen LogP contribution in [0.5, 0.6) is 0 Å². The summed E-state index contributed by atoms with van der Waals surface area (Å²) in [6.45, 7) is 0. The molecule has 0 aromatic carbocycles. The molecule has 2 fully saturated rings. The Morgan fingerprint density at radius 3 is 2.18 bits per heavy atom. The molecule has 2 aliphatic rings. The lowest BCUT2D eigenvalue weighted by Crippen LogP contribution is -2.45. The van der Waals surface area contributed by atoms with Crippen LogP contribution in [0.25, 0.3) is 0 Å². The molecule has 1 saturated heterocycles. The maximum Gasteiger partial charge on any atom is 0.305 e. The molecule has 0 aromatic rings. The van der Waals surface area contributed by atoms with Gasteiger partial charge >= 0.3 is 5.97 Å². The molecule has 2 amide bonds. The second-order valence-corrected chi connectivity index (χ2v) is 4.87. The summed E-state index contributed by atoms with van der Waals surface area (Å²) in [5.74, 6) is -1.11. The fourth-order valence-electron chi connectivity index (χ4n) is 2.43. The Balaban J connectivity index is 2.16. The van der Waals surface area contributed by atoms with Gasteiger partial charge in [-0.05, 0) is 31.6 Å². The van der Waals surface area contributed by atoms with E-state index in [1.807, 2.05) is 0 Å². The number of imide groups is 1. The lowest BCUT2D eigenvalue weighted by atomic mass is 10.1. The zero-order valence-corrected chi connectivity index (χ0v) is 9.72. The molecule has 1 heterocycles. The number of amides is 2. The minimum Gasteiger partial charge on any atom is -0.481 e. The summed E-state index contributed by atoms with van der Waals surface area (Å²) in [5.41, 5.74) is 0. The first-order chi connectivity index (χ1) is 8.09. The van der Waals surface area contributed by atoms with Crippen LogP contribution in [-0.4, -0.2) is 33.8 Å². The van der Waals surface area contributed by atoms with Crippen LogP contribution >= 0.6 is 0 Å². The van der Waals surface area contributed by atoms with Crippen molar-refractivity contribution in [3.63, 3.8) is 0 Å². The largest absolute Gasteiger partial charge is 0.481 e. The monoisotopic (exact) mass is 239 g/mol. The third kappa shape index (κ3) is 2.84. The lowest BCUT2D eigenvalue weighted by Gasteiger charge is -2.28. The van der Waals surface area contributed by atoms with E-state index in [1.54, 1.807) is 0 Å². The van der Waals surface area contributed by atoms with Gasteiger partial charge in [-0.3, -0.25) is 19.3 Å². The Hall–Kier alpha value is -1.39. The highest BCUT2D eigenvalue weighted by Gasteiger charge is 2.41. The van der Waals surface area contributed by atoms with Gasteiger partial charge in [-0.1, -0.05) is 0 Å². The highest BCUT2D eigenvalue weighted by Crippen LogP contribution is 2.38. The number of aliphatic carboxylic acids is 1. The van der Waals surface area contributed by atoms with Crippen molar-refractivity contribution in [2.45, 2.75) is 51.0 Å². The molecule has 2 rings (SSSR count). The van der Waals surface area contributed by atoms with Crippen molar-refractivity contribution >= 4 is 17.8 Å². The van der Waals surface area contributed by atoms with Crippen LogP contribution in [0.2, 0.25) is 0 Å². The van der Waals surface area contributed by atoms with E-state index in [-0.39, 0.29) is 24.2 Å². The maximum absolute atomic E-state index is 11.9. The number of likely N-dealkylation sites (tertiary alicyclic amines) is 1. The Bertz CT molecular complexity index is 330. The van der Waals surface area contributed by atoms with E-state index in [2.05, 4.69) is 0 Å². The molecule has 5 nitrogen and oxygen atoms in total. The van der Waals surface area contributed by atoms with Gasteiger partial charge in [0.25, 0.3) is 0 Å². The maximum atomic E-state index is 11.9. The normalized spacial score (nSPS) is 23.4. The molecule has 1 aliphatic carbocycles. The van der Waals surface area contributed by atoms with Crippen molar-refractivity contribution in [2.24, 2.45) is 5.92 Å². The first kappa shape index (κ1) is 12.1. The minimum absolute atomic E-state index is 0.109. The van der Waals surface area contributed by atoms with E-state index >= 15 is 0 Å². The van der Waals surface area contributed by atoms with Crippen LogP contribution < -0.4 is 0 Å². The standard InChI is InChI=1S/C12H17NO4/c14-10-3-1-2-4-11(15)13(10)9(7-12(16)17)8-5-6-8/h8-9H,1-7H2,(H,16,17). The Morgan fingerprint density at radius 2 is 1.76 bits per heavy atom. The highest BCUT2D eigenvalue weighted by molar-refractivity contribution is 5.96. The third-order valence-electron chi connectivity index (χ3n) is 3.45. The zero-order chi connectivity index (χ0) is 12.4. The molecule has 17 heavy (non-hydrogen) atoms.